The van der Waals surface area contributed by atoms with E-state index in [2.05, 4.69) is 15.1 Å². The molecule has 0 amide bonds. The van der Waals surface area contributed by atoms with Crippen molar-refractivity contribution in [3.63, 3.8) is 0 Å². The summed E-state index contributed by atoms with van der Waals surface area (Å²) in [6.07, 6.45) is 1.66. The van der Waals surface area contributed by atoms with Crippen molar-refractivity contribution in [3.8, 4) is 5.88 Å². The zero-order chi connectivity index (χ0) is 16.2. The summed E-state index contributed by atoms with van der Waals surface area (Å²) in [6, 6.07) is 11.4. The van der Waals surface area contributed by atoms with Crippen LogP contribution in [0.5, 0.6) is 5.88 Å². The molecular formula is C15H10Cl2N4O2. The van der Waals surface area contributed by atoms with Gasteiger partial charge in [0.1, 0.15) is 17.8 Å². The van der Waals surface area contributed by atoms with Gasteiger partial charge in [-0.05, 0) is 30.3 Å². The van der Waals surface area contributed by atoms with Crippen molar-refractivity contribution in [1.29, 1.82) is 0 Å². The van der Waals surface area contributed by atoms with Crippen LogP contribution in [0.3, 0.4) is 0 Å². The maximum Gasteiger partial charge on any atom is 0.257 e. The van der Waals surface area contributed by atoms with E-state index >= 15 is 0 Å². The van der Waals surface area contributed by atoms with Gasteiger partial charge in [-0.1, -0.05) is 29.3 Å². The normalized spacial score (nSPS) is 11.9. The molecule has 0 fully saturated rings. The van der Waals surface area contributed by atoms with Crippen molar-refractivity contribution in [2.24, 2.45) is 0 Å². The van der Waals surface area contributed by atoms with Crippen molar-refractivity contribution >= 4 is 29.0 Å². The summed E-state index contributed by atoms with van der Waals surface area (Å²) < 4.78 is 6.97. The standard InChI is InChI=1S/C15H10Cl2N4O2/c16-11-6-4-10(5-7-11)14(22)15(21-9-18-8-19-21)23-13-3-1-2-12(17)20-13/h1-9,15H. The summed E-state index contributed by atoms with van der Waals surface area (Å²) >= 11 is 11.7. The Morgan fingerprint density at radius 1 is 1.13 bits per heavy atom. The topological polar surface area (TPSA) is 69.9 Å². The second-order valence-electron chi connectivity index (χ2n) is 4.52. The smallest absolute Gasteiger partial charge is 0.257 e. The van der Waals surface area contributed by atoms with Gasteiger partial charge in [-0.2, -0.15) is 5.10 Å². The molecule has 1 atom stereocenters. The number of aromatic nitrogens is 4. The monoisotopic (exact) mass is 348 g/mol. The first kappa shape index (κ1) is 15.5. The Labute approximate surface area is 141 Å². The van der Waals surface area contributed by atoms with Crippen LogP contribution >= 0.6 is 23.2 Å². The van der Waals surface area contributed by atoms with Gasteiger partial charge in [0.25, 0.3) is 6.23 Å². The fourth-order valence-corrected chi connectivity index (χ4v) is 2.17. The number of nitrogens with zero attached hydrogens (tertiary/aromatic N) is 4. The average molecular weight is 349 g/mol. The van der Waals surface area contributed by atoms with E-state index in [9.17, 15) is 4.79 Å². The Kier molecular flexibility index (Phi) is 4.55. The third-order valence-electron chi connectivity index (χ3n) is 2.95. The molecular weight excluding hydrogens is 339 g/mol. The molecule has 0 spiro atoms. The van der Waals surface area contributed by atoms with Gasteiger partial charge in [0.2, 0.25) is 11.7 Å². The number of carbonyl (C=O) groups excluding carboxylic acids is 1. The Morgan fingerprint density at radius 3 is 2.57 bits per heavy atom. The highest BCUT2D eigenvalue weighted by Crippen LogP contribution is 2.21. The number of carbonyl (C=O) groups is 1. The molecule has 8 heteroatoms. The van der Waals surface area contributed by atoms with Crippen LogP contribution in [0.25, 0.3) is 0 Å². The van der Waals surface area contributed by atoms with Crippen molar-refractivity contribution in [2.75, 3.05) is 0 Å². The summed E-state index contributed by atoms with van der Waals surface area (Å²) in [7, 11) is 0. The third-order valence-corrected chi connectivity index (χ3v) is 3.41. The maximum atomic E-state index is 12.7. The van der Waals surface area contributed by atoms with Gasteiger partial charge in [-0.3, -0.25) is 4.79 Å². The predicted octanol–water partition coefficient (Wildman–Crippen LogP) is 3.44. The molecule has 1 aromatic carbocycles. The number of Topliss-reactive ketones (excluding diaryl/α,β-unsaturated/α-hetero) is 1. The number of ketones is 1. The molecule has 0 saturated carbocycles. The number of pyridine rings is 1. The fourth-order valence-electron chi connectivity index (χ4n) is 1.89. The first-order valence-corrected chi connectivity index (χ1v) is 7.32. The van der Waals surface area contributed by atoms with Gasteiger partial charge in [0, 0.05) is 16.7 Å². The molecule has 0 aliphatic heterocycles. The highest BCUT2D eigenvalue weighted by atomic mass is 35.5. The lowest BCUT2D eigenvalue weighted by atomic mass is 10.1. The number of rotatable bonds is 5. The molecule has 3 aromatic rings. The molecule has 6 nitrogen and oxygen atoms in total. The molecule has 0 aliphatic rings. The molecule has 2 heterocycles. The van der Waals surface area contributed by atoms with Gasteiger partial charge < -0.3 is 4.74 Å². The highest BCUT2D eigenvalue weighted by Gasteiger charge is 2.25. The van der Waals surface area contributed by atoms with Gasteiger partial charge in [-0.15, -0.1) is 0 Å². The predicted molar refractivity (Wildman–Crippen MR) is 84.7 cm³/mol. The van der Waals surface area contributed by atoms with E-state index in [1.54, 1.807) is 42.5 Å². The van der Waals surface area contributed by atoms with Crippen molar-refractivity contribution in [1.82, 2.24) is 19.7 Å². The van der Waals surface area contributed by atoms with Crippen molar-refractivity contribution in [2.45, 2.75) is 6.23 Å². The minimum Gasteiger partial charge on any atom is -0.444 e. The first-order valence-electron chi connectivity index (χ1n) is 6.56. The lowest BCUT2D eigenvalue weighted by Crippen LogP contribution is -2.26. The molecule has 0 aliphatic carbocycles. The minimum atomic E-state index is -1.05. The molecule has 0 radical (unpaired) electrons. The van der Waals surface area contributed by atoms with E-state index in [0.717, 1.165) is 0 Å². The van der Waals surface area contributed by atoms with Crippen LogP contribution in [0.15, 0.2) is 55.1 Å². The largest absolute Gasteiger partial charge is 0.444 e. The Morgan fingerprint density at radius 2 is 1.91 bits per heavy atom. The molecule has 0 saturated heterocycles. The molecule has 1 unspecified atom stereocenters. The molecule has 3 rings (SSSR count). The van der Waals surface area contributed by atoms with Crippen molar-refractivity contribution in [3.05, 3.63) is 70.9 Å². The van der Waals surface area contributed by atoms with Crippen molar-refractivity contribution < 1.29 is 9.53 Å². The summed E-state index contributed by atoms with van der Waals surface area (Å²) in [5, 5.41) is 4.77. The highest BCUT2D eigenvalue weighted by molar-refractivity contribution is 6.30. The summed E-state index contributed by atoms with van der Waals surface area (Å²) in [5.41, 5.74) is 0.428. The lowest BCUT2D eigenvalue weighted by Gasteiger charge is -2.17. The molecule has 2 aromatic heterocycles. The van der Waals surface area contributed by atoms with E-state index in [0.29, 0.717) is 10.6 Å². The van der Waals surface area contributed by atoms with Gasteiger partial charge >= 0.3 is 0 Å². The van der Waals surface area contributed by atoms with Crippen LogP contribution in [-0.2, 0) is 0 Å². The second-order valence-corrected chi connectivity index (χ2v) is 5.34. The van der Waals surface area contributed by atoms with Gasteiger partial charge in [0.15, 0.2) is 0 Å². The number of hydrogen-bond donors (Lipinski definition) is 0. The molecule has 23 heavy (non-hydrogen) atoms. The zero-order valence-electron chi connectivity index (χ0n) is 11.6. The number of hydrogen-bond acceptors (Lipinski definition) is 5. The van der Waals surface area contributed by atoms with E-state index < -0.39 is 6.23 Å². The summed E-state index contributed by atoms with van der Waals surface area (Å²) in [6.45, 7) is 0. The number of halogens is 2. The second kappa shape index (κ2) is 6.76. The van der Waals surface area contributed by atoms with E-state index in [4.69, 9.17) is 27.9 Å². The Bertz CT molecular complexity index is 807. The average Bonchev–Trinajstić information content (AvgIpc) is 3.07. The summed E-state index contributed by atoms with van der Waals surface area (Å²) in [5.74, 6) is -0.103. The molecule has 0 N–H and O–H groups in total. The first-order chi connectivity index (χ1) is 11.1. The van der Waals surface area contributed by atoms with Crippen LogP contribution in [0.2, 0.25) is 10.2 Å². The van der Waals surface area contributed by atoms with Crippen LogP contribution < -0.4 is 4.74 Å². The van der Waals surface area contributed by atoms with E-state index in [1.807, 2.05) is 0 Å². The third kappa shape index (κ3) is 3.67. The Balaban J connectivity index is 1.93. The number of benzene rings is 1. The fraction of sp³-hybridized carbons (Fsp3) is 0.0667. The maximum absolute atomic E-state index is 12.7. The van der Waals surface area contributed by atoms with Gasteiger partial charge in [-0.25, -0.2) is 14.6 Å². The zero-order valence-corrected chi connectivity index (χ0v) is 13.1. The minimum absolute atomic E-state index is 0.209. The van der Waals surface area contributed by atoms with Crippen LogP contribution in [-0.4, -0.2) is 25.5 Å². The quantitative estimate of drug-likeness (QED) is 0.521. The van der Waals surface area contributed by atoms with Crippen LogP contribution in [0.1, 0.15) is 16.6 Å². The Hall–Kier alpha value is -2.44. The van der Waals surface area contributed by atoms with E-state index in [1.165, 1.54) is 17.3 Å². The summed E-state index contributed by atoms with van der Waals surface area (Å²) in [4.78, 5) is 20.6. The van der Waals surface area contributed by atoms with Crippen LogP contribution in [0.4, 0.5) is 0 Å². The van der Waals surface area contributed by atoms with Crippen LogP contribution in [0, 0.1) is 0 Å². The molecule has 116 valence electrons. The number of ether oxygens (including phenoxy) is 1. The SMILES string of the molecule is O=C(c1ccc(Cl)cc1)C(Oc1cccc(Cl)n1)n1cncn1. The van der Waals surface area contributed by atoms with Gasteiger partial charge in [0.05, 0.1) is 0 Å². The lowest BCUT2D eigenvalue weighted by molar-refractivity contribution is 0.0604. The van der Waals surface area contributed by atoms with E-state index in [-0.39, 0.29) is 16.8 Å². The molecule has 0 bridgehead atoms.